The Kier molecular flexibility index (Phi) is 6.96. The second-order valence-electron chi connectivity index (χ2n) is 6.06. The Labute approximate surface area is 186 Å². The third-order valence-corrected chi connectivity index (χ3v) is 5.90. The average molecular weight is 495 g/mol. The maximum atomic E-state index is 12.4. The Balaban J connectivity index is 1.80. The van der Waals surface area contributed by atoms with E-state index < -0.39 is 0 Å². The smallest absolute Gasteiger partial charge is 0.260 e. The highest BCUT2D eigenvalue weighted by Gasteiger charge is 2.27. The summed E-state index contributed by atoms with van der Waals surface area (Å²) in [6, 6.07) is 11.0. The Hall–Kier alpha value is -2.34. The monoisotopic (exact) mass is 493 g/mol. The highest BCUT2D eigenvalue weighted by atomic mass is 79.9. The number of nitrogens with one attached hydrogen (secondary N) is 2. The summed E-state index contributed by atoms with van der Waals surface area (Å²) in [5.41, 5.74) is 2.34. The first-order valence-electron chi connectivity index (χ1n) is 8.50. The van der Waals surface area contributed by atoms with Gasteiger partial charge in [-0.15, -0.1) is 0 Å². The fourth-order valence-electron chi connectivity index (χ4n) is 2.68. The van der Waals surface area contributed by atoms with Crippen LogP contribution in [0.4, 0.5) is 5.69 Å². The van der Waals surface area contributed by atoms with E-state index in [0.717, 1.165) is 16.8 Å². The van der Waals surface area contributed by atoms with E-state index in [4.69, 9.17) is 26.3 Å². The van der Waals surface area contributed by atoms with Gasteiger partial charge in [0.15, 0.2) is 23.6 Å². The second-order valence-corrected chi connectivity index (χ2v) is 8.50. The lowest BCUT2D eigenvalue weighted by Gasteiger charge is -2.15. The van der Waals surface area contributed by atoms with E-state index in [0.29, 0.717) is 25.9 Å². The number of carbonyl (C=O) groups excluding carboxylic acids is 1. The number of aryl methyl sites for hydroxylation is 1. The topological polar surface area (TPSA) is 83.4 Å². The molecule has 0 aliphatic carbocycles. The first-order chi connectivity index (χ1) is 13.9. The normalized spacial score (nSPS) is 17.0. The molecule has 1 aliphatic heterocycles. The maximum absolute atomic E-state index is 12.4. The van der Waals surface area contributed by atoms with Crippen LogP contribution in [0.5, 0.6) is 11.5 Å². The van der Waals surface area contributed by atoms with Crippen molar-refractivity contribution in [2.24, 2.45) is 0 Å². The van der Waals surface area contributed by atoms with Crippen LogP contribution in [-0.4, -0.2) is 25.1 Å². The van der Waals surface area contributed by atoms with Crippen molar-refractivity contribution >= 4 is 57.0 Å². The first kappa shape index (κ1) is 21.4. The lowest BCUT2D eigenvalue weighted by Crippen LogP contribution is -2.31. The van der Waals surface area contributed by atoms with Gasteiger partial charge >= 0.3 is 0 Å². The molecule has 0 spiro atoms. The SMILES string of the molecule is COc1cc(/C=C2\SC(Nc3cc(Cl)ccc3C)NC2=O)cc(Br)c1OCC#N. The number of methoxy groups -OCH3 is 1. The minimum Gasteiger partial charge on any atom is -0.493 e. The molecule has 1 unspecified atom stereocenters. The van der Waals surface area contributed by atoms with Gasteiger partial charge in [-0.05, 0) is 64.3 Å². The number of rotatable bonds is 6. The molecule has 29 heavy (non-hydrogen) atoms. The van der Waals surface area contributed by atoms with Crippen molar-refractivity contribution in [2.45, 2.75) is 12.4 Å². The maximum Gasteiger partial charge on any atom is 0.260 e. The molecule has 6 nitrogen and oxygen atoms in total. The number of amides is 1. The zero-order valence-corrected chi connectivity index (χ0v) is 18.7. The van der Waals surface area contributed by atoms with Gasteiger partial charge in [0.05, 0.1) is 16.5 Å². The fraction of sp³-hybridized carbons (Fsp3) is 0.200. The molecule has 1 fully saturated rings. The predicted molar refractivity (Wildman–Crippen MR) is 119 cm³/mol. The van der Waals surface area contributed by atoms with Gasteiger partial charge in [0.25, 0.3) is 5.91 Å². The van der Waals surface area contributed by atoms with Crippen LogP contribution < -0.4 is 20.1 Å². The summed E-state index contributed by atoms with van der Waals surface area (Å²) >= 11 is 10.9. The summed E-state index contributed by atoms with van der Waals surface area (Å²) in [5.74, 6) is 0.733. The van der Waals surface area contributed by atoms with E-state index >= 15 is 0 Å². The van der Waals surface area contributed by atoms with Crippen LogP contribution in [0.15, 0.2) is 39.7 Å². The molecule has 150 valence electrons. The fourth-order valence-corrected chi connectivity index (χ4v) is 4.40. The van der Waals surface area contributed by atoms with Crippen molar-refractivity contribution in [3.63, 3.8) is 0 Å². The molecule has 0 aromatic heterocycles. The molecule has 0 saturated carbocycles. The Morgan fingerprint density at radius 3 is 2.93 bits per heavy atom. The average Bonchev–Trinajstić information content (AvgIpc) is 3.02. The van der Waals surface area contributed by atoms with Crippen LogP contribution in [0, 0.1) is 18.3 Å². The summed E-state index contributed by atoms with van der Waals surface area (Å²) in [4.78, 5) is 13.0. The minimum absolute atomic E-state index is 0.0933. The molecule has 1 heterocycles. The van der Waals surface area contributed by atoms with E-state index in [1.54, 1.807) is 18.2 Å². The number of thioether (sulfide) groups is 1. The number of hydrogen-bond acceptors (Lipinski definition) is 6. The molecule has 2 N–H and O–H groups in total. The molecule has 2 aromatic carbocycles. The van der Waals surface area contributed by atoms with Gasteiger partial charge in [-0.3, -0.25) is 4.79 Å². The Morgan fingerprint density at radius 1 is 1.41 bits per heavy atom. The van der Waals surface area contributed by atoms with Crippen molar-refractivity contribution in [3.05, 3.63) is 55.9 Å². The number of carbonyl (C=O) groups is 1. The number of nitriles is 1. The van der Waals surface area contributed by atoms with E-state index in [9.17, 15) is 4.79 Å². The van der Waals surface area contributed by atoms with Crippen LogP contribution in [0.2, 0.25) is 5.02 Å². The summed E-state index contributed by atoms with van der Waals surface area (Å²) in [6.07, 6.45) is 1.77. The number of ether oxygens (including phenoxy) is 2. The molecule has 0 radical (unpaired) electrons. The third-order valence-electron chi connectivity index (χ3n) is 4.05. The number of nitrogens with zero attached hydrogens (tertiary/aromatic N) is 1. The molecule has 9 heteroatoms. The quantitative estimate of drug-likeness (QED) is 0.555. The van der Waals surface area contributed by atoms with Crippen LogP contribution in [-0.2, 0) is 4.79 Å². The highest BCUT2D eigenvalue weighted by Crippen LogP contribution is 2.38. The Bertz CT molecular complexity index is 1020. The van der Waals surface area contributed by atoms with E-state index in [1.807, 2.05) is 31.2 Å². The Morgan fingerprint density at radius 2 is 2.21 bits per heavy atom. The molecule has 1 aliphatic rings. The van der Waals surface area contributed by atoms with E-state index in [2.05, 4.69) is 26.6 Å². The van der Waals surface area contributed by atoms with Crippen LogP contribution >= 0.6 is 39.3 Å². The largest absolute Gasteiger partial charge is 0.493 e. The first-order valence-corrected chi connectivity index (χ1v) is 10.6. The van der Waals surface area contributed by atoms with Crippen molar-refractivity contribution in [1.82, 2.24) is 5.32 Å². The molecule has 0 bridgehead atoms. The lowest BCUT2D eigenvalue weighted by atomic mass is 10.2. The second kappa shape index (κ2) is 9.44. The van der Waals surface area contributed by atoms with Crippen molar-refractivity contribution < 1.29 is 14.3 Å². The van der Waals surface area contributed by atoms with Crippen molar-refractivity contribution in [2.75, 3.05) is 19.0 Å². The molecule has 1 saturated heterocycles. The third kappa shape index (κ3) is 5.18. The van der Waals surface area contributed by atoms with Crippen molar-refractivity contribution in [1.29, 1.82) is 5.26 Å². The van der Waals surface area contributed by atoms with Gasteiger partial charge in [-0.2, -0.15) is 5.26 Å². The predicted octanol–water partition coefficient (Wildman–Crippen LogP) is 4.92. The molecule has 3 rings (SSSR count). The van der Waals surface area contributed by atoms with Gasteiger partial charge in [0.2, 0.25) is 0 Å². The molecule has 2 aromatic rings. The number of hydrogen-bond donors (Lipinski definition) is 2. The van der Waals surface area contributed by atoms with E-state index in [1.165, 1.54) is 18.9 Å². The number of benzene rings is 2. The van der Waals surface area contributed by atoms with Crippen LogP contribution in [0.1, 0.15) is 11.1 Å². The molecule has 1 atom stereocenters. The van der Waals surface area contributed by atoms with Crippen molar-refractivity contribution in [3.8, 4) is 17.6 Å². The zero-order chi connectivity index (χ0) is 21.0. The van der Waals surface area contributed by atoms with Gasteiger partial charge in [-0.1, -0.05) is 29.4 Å². The summed E-state index contributed by atoms with van der Waals surface area (Å²) < 4.78 is 11.4. The minimum atomic E-state index is -0.311. The zero-order valence-electron chi connectivity index (χ0n) is 15.6. The highest BCUT2D eigenvalue weighted by molar-refractivity contribution is 9.10. The number of anilines is 1. The summed E-state index contributed by atoms with van der Waals surface area (Å²) in [6.45, 7) is 1.88. The number of halogens is 2. The van der Waals surface area contributed by atoms with Gasteiger partial charge < -0.3 is 20.1 Å². The van der Waals surface area contributed by atoms with Crippen LogP contribution in [0.25, 0.3) is 6.08 Å². The van der Waals surface area contributed by atoms with Crippen LogP contribution in [0.3, 0.4) is 0 Å². The molecule has 1 amide bonds. The van der Waals surface area contributed by atoms with Gasteiger partial charge in [0, 0.05) is 10.7 Å². The van der Waals surface area contributed by atoms with Gasteiger partial charge in [0.1, 0.15) is 6.07 Å². The lowest BCUT2D eigenvalue weighted by molar-refractivity contribution is -0.116. The summed E-state index contributed by atoms with van der Waals surface area (Å²) in [7, 11) is 1.52. The summed E-state index contributed by atoms with van der Waals surface area (Å²) in [5, 5.41) is 15.5. The van der Waals surface area contributed by atoms with Gasteiger partial charge in [-0.25, -0.2) is 0 Å². The standard InChI is InChI=1S/C20H17BrClN3O3S/c1-11-3-4-13(22)10-15(11)24-20-25-19(26)17(29-20)9-12-7-14(21)18(28-6-5-23)16(8-12)27-2/h3-4,7-10,20,24H,6H2,1-2H3,(H,25,26)/b17-9-. The van der Waals surface area contributed by atoms with E-state index in [-0.39, 0.29) is 18.0 Å². The molecular formula is C20H17BrClN3O3S. The molecular weight excluding hydrogens is 478 g/mol.